The highest BCUT2D eigenvalue weighted by Crippen LogP contribution is 2.36. The molecule has 0 bridgehead atoms. The molecule has 1 heterocycles. The number of para-hydroxylation sites is 2. The molecule has 0 atom stereocenters. The Morgan fingerprint density at radius 1 is 0.824 bits per heavy atom. The summed E-state index contributed by atoms with van der Waals surface area (Å²) in [6.07, 6.45) is 0. The molecular formula is C28H28N2O4. The second-order valence-corrected chi connectivity index (χ2v) is 8.31. The lowest BCUT2D eigenvalue weighted by molar-refractivity contribution is -0.120. The van der Waals surface area contributed by atoms with E-state index in [2.05, 4.69) is 19.2 Å². The molecule has 0 spiro atoms. The third kappa shape index (κ3) is 4.81. The Balaban J connectivity index is 1.70. The average Bonchev–Trinajstić information content (AvgIpc) is 3.09. The van der Waals surface area contributed by atoms with E-state index in [-0.39, 0.29) is 11.6 Å². The van der Waals surface area contributed by atoms with Crippen molar-refractivity contribution in [2.75, 3.05) is 23.4 Å². The standard InChI is InChI=1S/C28H28N2O4/c1-4-33-24-13-9-8-12-23(24)29-26-25(20-10-6-5-7-11-20)27(31)30(28(26)32)21-14-16-22(17-15-21)34-18-19(2)3/h5-17,19,29H,4,18H2,1-3H3. The van der Waals surface area contributed by atoms with Crippen LogP contribution in [0.1, 0.15) is 26.3 Å². The Bertz CT molecular complexity index is 1200. The molecule has 0 aromatic heterocycles. The number of rotatable bonds is 9. The van der Waals surface area contributed by atoms with E-state index in [0.717, 1.165) is 0 Å². The maximum atomic E-state index is 13.6. The quantitative estimate of drug-likeness (QED) is 0.430. The van der Waals surface area contributed by atoms with E-state index in [9.17, 15) is 9.59 Å². The van der Waals surface area contributed by atoms with Crippen LogP contribution in [-0.2, 0) is 9.59 Å². The summed E-state index contributed by atoms with van der Waals surface area (Å²) in [5.74, 6) is 0.883. The van der Waals surface area contributed by atoms with Crippen molar-refractivity contribution in [3.05, 3.63) is 90.1 Å². The highest BCUT2D eigenvalue weighted by atomic mass is 16.5. The van der Waals surface area contributed by atoms with Gasteiger partial charge in [-0.3, -0.25) is 9.59 Å². The number of nitrogens with one attached hydrogen (secondary N) is 1. The van der Waals surface area contributed by atoms with Crippen molar-refractivity contribution >= 4 is 28.8 Å². The number of ether oxygens (including phenoxy) is 2. The fourth-order valence-corrected chi connectivity index (χ4v) is 3.69. The Morgan fingerprint density at radius 3 is 2.18 bits per heavy atom. The predicted octanol–water partition coefficient (Wildman–Crippen LogP) is 5.52. The van der Waals surface area contributed by atoms with E-state index in [1.165, 1.54) is 4.90 Å². The molecule has 3 aromatic rings. The first kappa shape index (κ1) is 23.1. The molecule has 34 heavy (non-hydrogen) atoms. The van der Waals surface area contributed by atoms with Crippen molar-refractivity contribution in [1.29, 1.82) is 0 Å². The molecule has 0 aliphatic carbocycles. The van der Waals surface area contributed by atoms with Crippen LogP contribution in [0.25, 0.3) is 5.57 Å². The normalized spacial score (nSPS) is 13.6. The molecule has 0 unspecified atom stereocenters. The van der Waals surface area contributed by atoms with Crippen LogP contribution < -0.4 is 19.7 Å². The van der Waals surface area contributed by atoms with Crippen LogP contribution in [-0.4, -0.2) is 25.0 Å². The van der Waals surface area contributed by atoms with E-state index in [1.807, 2.05) is 61.5 Å². The monoisotopic (exact) mass is 456 g/mol. The van der Waals surface area contributed by atoms with Crippen molar-refractivity contribution in [2.24, 2.45) is 5.92 Å². The number of hydrogen-bond donors (Lipinski definition) is 1. The average molecular weight is 457 g/mol. The minimum atomic E-state index is -0.425. The van der Waals surface area contributed by atoms with Gasteiger partial charge in [0.1, 0.15) is 17.2 Å². The number of hydrogen-bond acceptors (Lipinski definition) is 5. The van der Waals surface area contributed by atoms with Crippen molar-refractivity contribution in [3.63, 3.8) is 0 Å². The lowest BCUT2D eigenvalue weighted by Gasteiger charge is -2.17. The van der Waals surface area contributed by atoms with E-state index in [0.29, 0.717) is 53.1 Å². The maximum absolute atomic E-state index is 13.6. The summed E-state index contributed by atoms with van der Waals surface area (Å²) in [4.78, 5) is 28.4. The van der Waals surface area contributed by atoms with E-state index in [4.69, 9.17) is 9.47 Å². The van der Waals surface area contributed by atoms with Gasteiger partial charge in [-0.25, -0.2) is 4.90 Å². The molecule has 0 fully saturated rings. The van der Waals surface area contributed by atoms with Crippen LogP contribution in [0.4, 0.5) is 11.4 Å². The third-order valence-corrected chi connectivity index (χ3v) is 5.27. The minimum Gasteiger partial charge on any atom is -0.493 e. The number of amides is 2. The number of imide groups is 1. The number of carbonyl (C=O) groups excluding carboxylic acids is 2. The summed E-state index contributed by atoms with van der Waals surface area (Å²) in [6.45, 7) is 7.11. The Morgan fingerprint density at radius 2 is 1.50 bits per heavy atom. The van der Waals surface area contributed by atoms with Gasteiger partial charge in [-0.2, -0.15) is 0 Å². The van der Waals surface area contributed by atoms with E-state index < -0.39 is 5.91 Å². The molecule has 0 radical (unpaired) electrons. The van der Waals surface area contributed by atoms with Gasteiger partial charge >= 0.3 is 0 Å². The first-order valence-corrected chi connectivity index (χ1v) is 11.4. The molecule has 1 aliphatic rings. The van der Waals surface area contributed by atoms with Gasteiger partial charge in [0, 0.05) is 0 Å². The maximum Gasteiger partial charge on any atom is 0.282 e. The van der Waals surface area contributed by atoms with Gasteiger partial charge in [0.15, 0.2) is 0 Å². The second-order valence-electron chi connectivity index (χ2n) is 8.31. The number of nitrogens with zero attached hydrogens (tertiary/aromatic N) is 1. The second kappa shape index (κ2) is 10.3. The summed E-state index contributed by atoms with van der Waals surface area (Å²) >= 11 is 0. The van der Waals surface area contributed by atoms with Crippen LogP contribution in [0, 0.1) is 5.92 Å². The van der Waals surface area contributed by atoms with Crippen molar-refractivity contribution in [3.8, 4) is 11.5 Å². The molecule has 3 aromatic carbocycles. The highest BCUT2D eigenvalue weighted by Gasteiger charge is 2.40. The summed E-state index contributed by atoms with van der Waals surface area (Å²) in [6, 6.07) is 23.6. The van der Waals surface area contributed by atoms with Gasteiger partial charge in [-0.05, 0) is 54.8 Å². The van der Waals surface area contributed by atoms with Gasteiger partial charge in [0.25, 0.3) is 11.8 Å². The van der Waals surface area contributed by atoms with Gasteiger partial charge < -0.3 is 14.8 Å². The Labute approximate surface area is 199 Å². The molecule has 0 saturated heterocycles. The summed E-state index contributed by atoms with van der Waals surface area (Å²) in [5, 5.41) is 3.18. The minimum absolute atomic E-state index is 0.212. The smallest absolute Gasteiger partial charge is 0.282 e. The molecule has 1 N–H and O–H groups in total. The van der Waals surface area contributed by atoms with Gasteiger partial charge in [-0.1, -0.05) is 56.3 Å². The third-order valence-electron chi connectivity index (χ3n) is 5.27. The number of benzene rings is 3. The molecule has 1 aliphatic heterocycles. The number of anilines is 2. The zero-order valence-corrected chi connectivity index (χ0v) is 19.6. The van der Waals surface area contributed by atoms with Gasteiger partial charge in [0.05, 0.1) is 30.2 Å². The van der Waals surface area contributed by atoms with Crippen LogP contribution in [0.15, 0.2) is 84.6 Å². The highest BCUT2D eigenvalue weighted by molar-refractivity contribution is 6.46. The molecular weight excluding hydrogens is 428 g/mol. The van der Waals surface area contributed by atoms with Crippen molar-refractivity contribution in [1.82, 2.24) is 0 Å². The van der Waals surface area contributed by atoms with Crippen LogP contribution >= 0.6 is 0 Å². The van der Waals surface area contributed by atoms with Gasteiger partial charge in [-0.15, -0.1) is 0 Å². The first-order valence-electron chi connectivity index (χ1n) is 11.4. The largest absolute Gasteiger partial charge is 0.493 e. The molecule has 174 valence electrons. The first-order chi connectivity index (χ1) is 16.5. The van der Waals surface area contributed by atoms with Crippen LogP contribution in [0.3, 0.4) is 0 Å². The Hall–Kier alpha value is -4.06. The molecule has 6 nitrogen and oxygen atoms in total. The SMILES string of the molecule is CCOc1ccccc1NC1=C(c2ccccc2)C(=O)N(c2ccc(OCC(C)C)cc2)C1=O. The lowest BCUT2D eigenvalue weighted by atomic mass is 10.0. The fraction of sp³-hybridized carbons (Fsp3) is 0.214. The number of carbonyl (C=O) groups is 2. The van der Waals surface area contributed by atoms with Gasteiger partial charge in [0.2, 0.25) is 0 Å². The topological polar surface area (TPSA) is 67.9 Å². The lowest BCUT2D eigenvalue weighted by Crippen LogP contribution is -2.32. The van der Waals surface area contributed by atoms with E-state index >= 15 is 0 Å². The predicted molar refractivity (Wildman–Crippen MR) is 134 cm³/mol. The zero-order chi connectivity index (χ0) is 24.1. The fourth-order valence-electron chi connectivity index (χ4n) is 3.69. The molecule has 2 amide bonds. The van der Waals surface area contributed by atoms with Crippen LogP contribution in [0.5, 0.6) is 11.5 Å². The van der Waals surface area contributed by atoms with E-state index in [1.54, 1.807) is 24.3 Å². The summed E-state index contributed by atoms with van der Waals surface area (Å²) in [7, 11) is 0. The molecule has 0 saturated carbocycles. The Kier molecular flexibility index (Phi) is 6.97. The zero-order valence-electron chi connectivity index (χ0n) is 19.6. The van der Waals surface area contributed by atoms with Crippen molar-refractivity contribution in [2.45, 2.75) is 20.8 Å². The summed E-state index contributed by atoms with van der Waals surface area (Å²) < 4.78 is 11.4. The molecule has 6 heteroatoms. The van der Waals surface area contributed by atoms with Crippen LogP contribution in [0.2, 0.25) is 0 Å². The summed E-state index contributed by atoms with van der Waals surface area (Å²) in [5.41, 5.74) is 2.29. The molecule has 4 rings (SSSR count). The van der Waals surface area contributed by atoms with Crippen molar-refractivity contribution < 1.29 is 19.1 Å².